The van der Waals surface area contributed by atoms with E-state index < -0.39 is 0 Å². The van der Waals surface area contributed by atoms with Crippen LogP contribution >= 0.6 is 0 Å². The zero-order valence-electron chi connectivity index (χ0n) is 17.1. The SMILES string of the molecule is CCC(C)C1=C(c2cccc3cc4ccccc4cc23)c2ccccc2[CH]1[Zr+2].[Cl-].[Cl-]. The number of rotatable bonds is 3. The number of hydrogen-bond acceptors (Lipinski definition) is 0. The van der Waals surface area contributed by atoms with Gasteiger partial charge in [0.2, 0.25) is 0 Å². The summed E-state index contributed by atoms with van der Waals surface area (Å²) in [6.45, 7) is 4.72. The first kappa shape index (κ1) is 23.3. The molecule has 149 valence electrons. The maximum atomic E-state index is 2.40. The van der Waals surface area contributed by atoms with Gasteiger partial charge in [-0.25, -0.2) is 0 Å². The maximum Gasteiger partial charge on any atom is -1.00 e. The summed E-state index contributed by atoms with van der Waals surface area (Å²) in [5.74, 6) is 0.599. The van der Waals surface area contributed by atoms with Crippen LogP contribution < -0.4 is 24.8 Å². The van der Waals surface area contributed by atoms with Crippen molar-refractivity contribution in [3.63, 3.8) is 0 Å². The first-order valence-corrected chi connectivity index (χ1v) is 11.6. The molecular weight excluding hydrogens is 486 g/mol. The second-order valence-corrected chi connectivity index (χ2v) is 9.31. The molecule has 0 aromatic heterocycles. The van der Waals surface area contributed by atoms with Gasteiger partial charge in [-0.3, -0.25) is 0 Å². The molecule has 30 heavy (non-hydrogen) atoms. The van der Waals surface area contributed by atoms with Crippen LogP contribution in [-0.2, 0) is 24.7 Å². The first-order chi connectivity index (χ1) is 13.7. The molecule has 0 bridgehead atoms. The maximum absolute atomic E-state index is 2.40. The Morgan fingerprint density at radius 3 is 2.10 bits per heavy atom. The van der Waals surface area contributed by atoms with E-state index in [-0.39, 0.29) is 24.8 Å². The van der Waals surface area contributed by atoms with Gasteiger partial charge in [-0.2, -0.15) is 0 Å². The predicted octanol–water partition coefficient (Wildman–Crippen LogP) is 1.45. The molecule has 3 heteroatoms. The van der Waals surface area contributed by atoms with E-state index >= 15 is 0 Å². The fourth-order valence-electron chi connectivity index (χ4n) is 4.68. The molecule has 0 saturated carbocycles. The Hall–Kier alpha value is -1.40. The minimum Gasteiger partial charge on any atom is -1.00 e. The molecular formula is C27H23Cl2Zr. The van der Waals surface area contributed by atoms with Gasteiger partial charge in [-0.1, -0.05) is 0 Å². The first-order valence-electron chi connectivity index (χ1n) is 10.2. The molecule has 0 radical (unpaired) electrons. The second-order valence-electron chi connectivity index (χ2n) is 7.89. The Morgan fingerprint density at radius 2 is 1.37 bits per heavy atom. The van der Waals surface area contributed by atoms with E-state index in [1.807, 2.05) is 0 Å². The van der Waals surface area contributed by atoms with Crippen LogP contribution in [0.3, 0.4) is 0 Å². The molecule has 4 aromatic carbocycles. The summed E-state index contributed by atoms with van der Waals surface area (Å²) in [7, 11) is 0. The number of fused-ring (bicyclic) bond motifs is 3. The molecule has 0 nitrogen and oxygen atoms in total. The quantitative estimate of drug-likeness (QED) is 0.367. The Bertz CT molecular complexity index is 1240. The summed E-state index contributed by atoms with van der Waals surface area (Å²) in [6, 6.07) is 29.3. The predicted molar refractivity (Wildman–Crippen MR) is 116 cm³/mol. The number of hydrogen-bond donors (Lipinski definition) is 0. The van der Waals surface area contributed by atoms with Gasteiger partial charge in [0.25, 0.3) is 0 Å². The van der Waals surface area contributed by atoms with Crippen LogP contribution in [0.25, 0.3) is 27.1 Å². The van der Waals surface area contributed by atoms with E-state index in [2.05, 4.69) is 92.7 Å². The smallest absolute Gasteiger partial charge is 1.00 e. The summed E-state index contributed by atoms with van der Waals surface area (Å²) in [6.07, 6.45) is 1.19. The van der Waals surface area contributed by atoms with Gasteiger partial charge in [0.1, 0.15) is 0 Å². The fourth-order valence-corrected chi connectivity index (χ4v) is 6.35. The van der Waals surface area contributed by atoms with Gasteiger partial charge >= 0.3 is 183 Å². The van der Waals surface area contributed by atoms with Crippen LogP contribution in [0, 0.1) is 5.92 Å². The minimum absolute atomic E-state index is 0. The van der Waals surface area contributed by atoms with E-state index in [4.69, 9.17) is 0 Å². The third-order valence-corrected chi connectivity index (χ3v) is 7.83. The van der Waals surface area contributed by atoms with Gasteiger partial charge in [0.05, 0.1) is 0 Å². The largest absolute Gasteiger partial charge is 1.00 e. The Kier molecular flexibility index (Phi) is 7.29. The molecule has 4 aromatic rings. The van der Waals surface area contributed by atoms with Gasteiger partial charge in [0, 0.05) is 0 Å². The van der Waals surface area contributed by atoms with Crippen molar-refractivity contribution in [2.45, 2.75) is 23.9 Å². The summed E-state index contributed by atoms with van der Waals surface area (Å²) < 4.78 is 0.573. The normalized spacial score (nSPS) is 16.2. The summed E-state index contributed by atoms with van der Waals surface area (Å²) in [5.41, 5.74) is 7.50. The molecule has 1 aliphatic carbocycles. The van der Waals surface area contributed by atoms with Crippen molar-refractivity contribution in [3.8, 4) is 0 Å². The third-order valence-electron chi connectivity index (χ3n) is 6.30. The molecule has 0 heterocycles. The number of allylic oxidation sites excluding steroid dienone is 1. The van der Waals surface area contributed by atoms with Crippen molar-refractivity contribution in [1.29, 1.82) is 0 Å². The third kappa shape index (κ3) is 3.71. The fraction of sp³-hybridized carbons (Fsp3) is 0.185. The number of halogens is 2. The van der Waals surface area contributed by atoms with Crippen molar-refractivity contribution in [2.75, 3.05) is 0 Å². The molecule has 0 fully saturated rings. The van der Waals surface area contributed by atoms with Crippen molar-refractivity contribution in [1.82, 2.24) is 0 Å². The molecule has 0 spiro atoms. The van der Waals surface area contributed by atoms with E-state index in [0.29, 0.717) is 9.54 Å². The summed E-state index contributed by atoms with van der Waals surface area (Å²) >= 11 is 1.59. The van der Waals surface area contributed by atoms with E-state index in [1.54, 1.807) is 30.3 Å². The zero-order chi connectivity index (χ0) is 19.3. The topological polar surface area (TPSA) is 0 Å². The molecule has 0 saturated heterocycles. The van der Waals surface area contributed by atoms with E-state index in [9.17, 15) is 0 Å². The van der Waals surface area contributed by atoms with Gasteiger partial charge < -0.3 is 24.8 Å². The second kappa shape index (κ2) is 9.39. The number of benzene rings is 4. The van der Waals surface area contributed by atoms with E-state index in [0.717, 1.165) is 0 Å². The standard InChI is InChI=1S/C27H23.2ClH.Zr/c1-3-18(2)25-17-22-11-6-7-13-23(22)27(25)24-14-8-12-21-15-19-9-4-5-10-20(19)16-26(21)24;;;/h4-18H,3H2,1-2H3;2*1H;/q;;;+2/p-2. The Morgan fingerprint density at radius 1 is 0.767 bits per heavy atom. The van der Waals surface area contributed by atoms with Crippen LogP contribution in [0.4, 0.5) is 0 Å². The van der Waals surface area contributed by atoms with Crippen LogP contribution in [0.2, 0.25) is 0 Å². The van der Waals surface area contributed by atoms with Gasteiger partial charge in [-0.05, 0) is 0 Å². The van der Waals surface area contributed by atoms with Gasteiger partial charge in [-0.15, -0.1) is 0 Å². The minimum atomic E-state index is 0. The molecule has 0 aliphatic heterocycles. The van der Waals surface area contributed by atoms with Crippen molar-refractivity contribution < 1.29 is 49.5 Å². The van der Waals surface area contributed by atoms with Crippen molar-refractivity contribution in [2.24, 2.45) is 5.92 Å². The molecule has 0 amide bonds. The Balaban J connectivity index is 0.00000128. The molecule has 5 rings (SSSR count). The summed E-state index contributed by atoms with van der Waals surface area (Å²) in [4.78, 5) is 0. The van der Waals surface area contributed by atoms with E-state index in [1.165, 1.54) is 50.2 Å². The average Bonchev–Trinajstić information content (AvgIpc) is 3.04. The molecule has 0 N–H and O–H groups in total. The van der Waals surface area contributed by atoms with Crippen LogP contribution in [0.15, 0.2) is 84.4 Å². The summed E-state index contributed by atoms with van der Waals surface area (Å²) in [5, 5.41) is 5.33. The Labute approximate surface area is 206 Å². The molecule has 1 aliphatic rings. The van der Waals surface area contributed by atoms with Crippen LogP contribution in [0.1, 0.15) is 40.6 Å². The van der Waals surface area contributed by atoms with Crippen molar-refractivity contribution >= 4 is 27.1 Å². The average molecular weight is 510 g/mol. The van der Waals surface area contributed by atoms with Crippen LogP contribution in [-0.4, -0.2) is 0 Å². The molecule has 2 unspecified atom stereocenters. The monoisotopic (exact) mass is 507 g/mol. The van der Waals surface area contributed by atoms with Crippen LogP contribution in [0.5, 0.6) is 0 Å². The van der Waals surface area contributed by atoms with Gasteiger partial charge in [0.15, 0.2) is 0 Å². The van der Waals surface area contributed by atoms with Crippen molar-refractivity contribution in [3.05, 3.63) is 101 Å². The zero-order valence-corrected chi connectivity index (χ0v) is 21.1. The molecule has 2 atom stereocenters.